The zero-order valence-corrected chi connectivity index (χ0v) is 16.6. The van der Waals surface area contributed by atoms with E-state index >= 15 is 0 Å². The fourth-order valence-corrected chi connectivity index (χ4v) is 4.01. The highest BCUT2D eigenvalue weighted by Gasteiger charge is 2.15. The van der Waals surface area contributed by atoms with Gasteiger partial charge in [0, 0.05) is 41.3 Å². The van der Waals surface area contributed by atoms with Gasteiger partial charge in [-0.25, -0.2) is 4.39 Å². The van der Waals surface area contributed by atoms with Gasteiger partial charge in [0.25, 0.3) is 0 Å². The van der Waals surface area contributed by atoms with E-state index in [1.54, 1.807) is 29.2 Å². The number of fused-ring (bicyclic) bond motifs is 2. The van der Waals surface area contributed by atoms with E-state index in [4.69, 9.17) is 0 Å². The van der Waals surface area contributed by atoms with Gasteiger partial charge in [-0.3, -0.25) is 14.8 Å². The second-order valence-electron chi connectivity index (χ2n) is 7.57. The number of aromatic amines is 2. The average molecular weight is 408 g/mol. The summed E-state index contributed by atoms with van der Waals surface area (Å²) in [5.74, 6) is -0.258. The number of benzene rings is 2. The summed E-state index contributed by atoms with van der Waals surface area (Å²) in [4.78, 5) is 7.80. The average Bonchev–Trinajstić information content (AvgIpc) is 3.51. The van der Waals surface area contributed by atoms with Crippen LogP contribution in [0.15, 0.2) is 73.3 Å². The number of pyridine rings is 1. The molecule has 150 valence electrons. The topological polar surface area (TPSA) is 75.2 Å². The third kappa shape index (κ3) is 2.90. The quantitative estimate of drug-likeness (QED) is 0.417. The van der Waals surface area contributed by atoms with E-state index in [1.807, 2.05) is 25.5 Å². The highest BCUT2D eigenvalue weighted by atomic mass is 19.1. The largest absolute Gasteiger partial charge is 0.352 e. The maximum Gasteiger partial charge on any atom is 0.123 e. The number of hydrogen-bond acceptors (Lipinski definition) is 3. The zero-order chi connectivity index (χ0) is 20.9. The minimum atomic E-state index is -0.258. The lowest BCUT2D eigenvalue weighted by atomic mass is 10.0. The molecule has 2 N–H and O–H groups in total. The zero-order valence-electron chi connectivity index (χ0n) is 16.6. The number of aryl methyl sites for hydroxylation is 1. The van der Waals surface area contributed by atoms with Crippen molar-refractivity contribution in [3.05, 3.63) is 79.1 Å². The van der Waals surface area contributed by atoms with Gasteiger partial charge in [0.2, 0.25) is 0 Å². The lowest BCUT2D eigenvalue weighted by Crippen LogP contribution is -1.84. The second kappa shape index (κ2) is 6.63. The van der Waals surface area contributed by atoms with Crippen molar-refractivity contribution in [2.45, 2.75) is 0 Å². The summed E-state index contributed by atoms with van der Waals surface area (Å²) in [6.07, 6.45) is 7.44. The first-order valence-corrected chi connectivity index (χ1v) is 9.86. The maximum atomic E-state index is 13.4. The summed E-state index contributed by atoms with van der Waals surface area (Å²) in [6, 6.07) is 14.7. The lowest BCUT2D eigenvalue weighted by molar-refractivity contribution is 0.628. The molecule has 0 radical (unpaired) electrons. The molecule has 6 rings (SSSR count). The summed E-state index contributed by atoms with van der Waals surface area (Å²) in [5.41, 5.74) is 7.56. The van der Waals surface area contributed by atoms with E-state index in [1.165, 1.54) is 12.1 Å². The monoisotopic (exact) mass is 408 g/mol. The minimum Gasteiger partial charge on any atom is -0.352 e. The van der Waals surface area contributed by atoms with Crippen LogP contribution in [0.4, 0.5) is 4.39 Å². The van der Waals surface area contributed by atoms with Crippen LogP contribution in [0.25, 0.3) is 55.4 Å². The van der Waals surface area contributed by atoms with Crippen LogP contribution >= 0.6 is 0 Å². The van der Waals surface area contributed by atoms with Crippen molar-refractivity contribution in [3.63, 3.8) is 0 Å². The number of nitrogens with one attached hydrogen (secondary N) is 2. The molecular formula is C24H17FN6. The molecule has 4 heterocycles. The fourth-order valence-electron chi connectivity index (χ4n) is 4.01. The van der Waals surface area contributed by atoms with E-state index in [0.717, 1.165) is 55.4 Å². The van der Waals surface area contributed by atoms with Crippen molar-refractivity contribution in [1.82, 2.24) is 29.9 Å². The van der Waals surface area contributed by atoms with Crippen molar-refractivity contribution in [1.29, 1.82) is 0 Å². The second-order valence-corrected chi connectivity index (χ2v) is 7.57. The first-order chi connectivity index (χ1) is 15.2. The molecule has 0 unspecified atom stereocenters. The Kier molecular flexibility index (Phi) is 3.76. The van der Waals surface area contributed by atoms with E-state index < -0.39 is 0 Å². The fraction of sp³-hybridized carbons (Fsp3) is 0.0417. The molecule has 0 aliphatic carbocycles. The smallest absolute Gasteiger partial charge is 0.123 e. The highest BCUT2D eigenvalue weighted by molar-refractivity contribution is 6.01. The normalized spacial score (nSPS) is 11.5. The summed E-state index contributed by atoms with van der Waals surface area (Å²) >= 11 is 0. The molecule has 0 amide bonds. The van der Waals surface area contributed by atoms with Crippen LogP contribution in [0, 0.1) is 5.82 Å². The molecule has 0 fully saturated rings. The van der Waals surface area contributed by atoms with Gasteiger partial charge >= 0.3 is 0 Å². The van der Waals surface area contributed by atoms with Crippen LogP contribution in [0.5, 0.6) is 0 Å². The Balaban J connectivity index is 1.50. The van der Waals surface area contributed by atoms with Gasteiger partial charge in [0.1, 0.15) is 11.5 Å². The van der Waals surface area contributed by atoms with E-state index in [2.05, 4.69) is 43.5 Å². The Hall–Kier alpha value is -4.26. The Bertz CT molecular complexity index is 1550. The molecule has 0 bridgehead atoms. The van der Waals surface area contributed by atoms with Gasteiger partial charge in [-0.15, -0.1) is 0 Å². The molecule has 0 aliphatic rings. The van der Waals surface area contributed by atoms with Crippen molar-refractivity contribution in [3.8, 4) is 33.6 Å². The molecular weight excluding hydrogens is 391 g/mol. The van der Waals surface area contributed by atoms with Gasteiger partial charge in [-0.05, 0) is 41.5 Å². The van der Waals surface area contributed by atoms with Crippen LogP contribution < -0.4 is 0 Å². The summed E-state index contributed by atoms with van der Waals surface area (Å²) in [7, 11) is 1.91. The molecule has 0 saturated carbocycles. The summed E-state index contributed by atoms with van der Waals surface area (Å²) in [5, 5.41) is 14.0. The molecule has 0 spiro atoms. The van der Waals surface area contributed by atoms with Gasteiger partial charge in [-0.2, -0.15) is 10.2 Å². The van der Waals surface area contributed by atoms with Crippen LogP contribution in [-0.2, 0) is 7.05 Å². The summed E-state index contributed by atoms with van der Waals surface area (Å²) in [6.45, 7) is 0. The number of rotatable bonds is 3. The van der Waals surface area contributed by atoms with E-state index in [-0.39, 0.29) is 5.82 Å². The Morgan fingerprint density at radius 3 is 2.48 bits per heavy atom. The van der Waals surface area contributed by atoms with Crippen molar-refractivity contribution in [2.24, 2.45) is 7.05 Å². The molecule has 31 heavy (non-hydrogen) atoms. The van der Waals surface area contributed by atoms with Crippen molar-refractivity contribution < 1.29 is 4.39 Å². The Morgan fingerprint density at radius 1 is 0.839 bits per heavy atom. The van der Waals surface area contributed by atoms with Crippen molar-refractivity contribution in [2.75, 3.05) is 0 Å². The third-order valence-electron chi connectivity index (χ3n) is 5.56. The molecule has 2 aromatic carbocycles. The van der Waals surface area contributed by atoms with Gasteiger partial charge in [-0.1, -0.05) is 18.2 Å². The third-order valence-corrected chi connectivity index (χ3v) is 5.56. The molecule has 0 atom stereocenters. The van der Waals surface area contributed by atoms with Crippen LogP contribution in [-0.4, -0.2) is 29.9 Å². The lowest BCUT2D eigenvalue weighted by Gasteiger charge is -2.02. The SMILES string of the molecule is Cn1cc(-c2ccc3[nH]nc(-c4cc5c(-c6ccc(F)cc6)cncc5[nH]4)c3c2)cn1. The molecule has 6 nitrogen and oxygen atoms in total. The van der Waals surface area contributed by atoms with Crippen LogP contribution in [0.1, 0.15) is 0 Å². The number of halogens is 1. The number of H-pyrrole nitrogens is 2. The standard InChI is InChI=1S/C24H17FN6/c1-31-13-16(10-27-31)15-4-7-21-19(8-15)24(30-29-21)22-9-18-20(11-26-12-23(18)28-22)14-2-5-17(25)6-3-14/h2-13,28H,1H3,(H,29,30). The molecule has 0 saturated heterocycles. The minimum absolute atomic E-state index is 0.258. The van der Waals surface area contributed by atoms with Gasteiger partial charge in [0.05, 0.1) is 29.1 Å². The van der Waals surface area contributed by atoms with Crippen molar-refractivity contribution >= 4 is 21.8 Å². The van der Waals surface area contributed by atoms with Crippen LogP contribution in [0.2, 0.25) is 0 Å². The Labute approximate surface area is 176 Å². The summed E-state index contributed by atoms with van der Waals surface area (Å²) < 4.78 is 15.2. The van der Waals surface area contributed by atoms with Gasteiger partial charge < -0.3 is 4.98 Å². The predicted octanol–water partition coefficient (Wildman–Crippen LogP) is 5.31. The number of nitrogens with zero attached hydrogens (tertiary/aromatic N) is 4. The molecule has 6 aromatic rings. The first kappa shape index (κ1) is 17.6. The van der Waals surface area contributed by atoms with Gasteiger partial charge in [0.15, 0.2) is 0 Å². The number of aromatic nitrogens is 6. The first-order valence-electron chi connectivity index (χ1n) is 9.86. The maximum absolute atomic E-state index is 13.4. The van der Waals surface area contributed by atoms with E-state index in [0.29, 0.717) is 0 Å². The predicted molar refractivity (Wildman–Crippen MR) is 119 cm³/mol. The molecule has 0 aliphatic heterocycles. The Morgan fingerprint density at radius 2 is 1.68 bits per heavy atom. The molecule has 4 aromatic heterocycles. The highest BCUT2D eigenvalue weighted by Crippen LogP contribution is 2.34. The molecule has 7 heteroatoms. The van der Waals surface area contributed by atoms with Crippen LogP contribution in [0.3, 0.4) is 0 Å². The number of hydrogen-bond donors (Lipinski definition) is 2. The van der Waals surface area contributed by atoms with E-state index in [9.17, 15) is 4.39 Å².